The van der Waals surface area contributed by atoms with Gasteiger partial charge in [-0.2, -0.15) is 0 Å². The SMILES string of the molecule is COc1cccc(NC(N)=NCc2ccc(OC)c(Br)c2)c1.I. The number of guanidine groups is 1. The molecule has 23 heavy (non-hydrogen) atoms. The molecule has 0 atom stereocenters. The van der Waals surface area contributed by atoms with E-state index >= 15 is 0 Å². The standard InChI is InChI=1S/C16H18BrN3O2.HI/c1-21-13-5-3-4-12(9-13)20-16(18)19-10-11-6-7-15(22-2)14(17)8-11;/h3-9H,10H2,1-2H3,(H3,18,19,20);1H. The lowest BCUT2D eigenvalue weighted by atomic mass is 10.2. The van der Waals surface area contributed by atoms with Gasteiger partial charge in [-0.25, -0.2) is 4.99 Å². The van der Waals surface area contributed by atoms with Gasteiger partial charge in [0.25, 0.3) is 0 Å². The zero-order valence-corrected chi connectivity index (χ0v) is 16.8. The summed E-state index contributed by atoms with van der Waals surface area (Å²) >= 11 is 3.45. The zero-order chi connectivity index (χ0) is 15.9. The third-order valence-electron chi connectivity index (χ3n) is 2.99. The number of anilines is 1. The number of ether oxygens (including phenoxy) is 2. The maximum atomic E-state index is 5.90. The highest BCUT2D eigenvalue weighted by molar-refractivity contribution is 14.0. The number of nitrogens with two attached hydrogens (primary N) is 1. The molecule has 0 saturated heterocycles. The van der Waals surface area contributed by atoms with Crippen LogP contribution in [0.25, 0.3) is 0 Å². The smallest absolute Gasteiger partial charge is 0.193 e. The van der Waals surface area contributed by atoms with E-state index in [0.717, 1.165) is 27.2 Å². The summed E-state index contributed by atoms with van der Waals surface area (Å²) in [6.45, 7) is 0.478. The van der Waals surface area contributed by atoms with Crippen molar-refractivity contribution in [2.75, 3.05) is 19.5 Å². The van der Waals surface area contributed by atoms with Crippen molar-refractivity contribution in [1.82, 2.24) is 0 Å². The molecule has 7 heteroatoms. The highest BCUT2D eigenvalue weighted by Gasteiger charge is 2.02. The number of hydrogen-bond donors (Lipinski definition) is 2. The average Bonchev–Trinajstić information content (AvgIpc) is 2.53. The van der Waals surface area contributed by atoms with Gasteiger partial charge < -0.3 is 20.5 Å². The Morgan fingerprint density at radius 2 is 1.96 bits per heavy atom. The van der Waals surface area contributed by atoms with Crippen molar-refractivity contribution >= 4 is 51.6 Å². The molecule has 0 aromatic heterocycles. The number of benzene rings is 2. The Hall–Kier alpha value is -1.48. The summed E-state index contributed by atoms with van der Waals surface area (Å²) in [7, 11) is 3.26. The minimum Gasteiger partial charge on any atom is -0.497 e. The van der Waals surface area contributed by atoms with E-state index in [-0.39, 0.29) is 24.0 Å². The van der Waals surface area contributed by atoms with E-state index in [1.54, 1.807) is 14.2 Å². The lowest BCUT2D eigenvalue weighted by Crippen LogP contribution is -2.22. The molecular weight excluding hydrogens is 473 g/mol. The van der Waals surface area contributed by atoms with E-state index in [2.05, 4.69) is 26.2 Å². The minimum absolute atomic E-state index is 0. The van der Waals surface area contributed by atoms with Gasteiger partial charge in [-0.15, -0.1) is 24.0 Å². The summed E-state index contributed by atoms with van der Waals surface area (Å²) in [5.74, 6) is 1.90. The molecule has 2 aromatic carbocycles. The number of nitrogens with one attached hydrogen (secondary N) is 1. The Bertz CT molecular complexity index is 680. The molecule has 0 radical (unpaired) electrons. The van der Waals surface area contributed by atoms with Crippen LogP contribution in [0.5, 0.6) is 11.5 Å². The molecular formula is C16H19BrIN3O2. The first-order valence-corrected chi connectivity index (χ1v) is 7.45. The predicted octanol–water partition coefficient (Wildman–Crippen LogP) is 4.01. The number of halogens is 2. The summed E-state index contributed by atoms with van der Waals surface area (Å²) in [6.07, 6.45) is 0. The highest BCUT2D eigenvalue weighted by Crippen LogP contribution is 2.25. The second kappa shape index (κ2) is 9.61. The fourth-order valence-corrected chi connectivity index (χ4v) is 2.46. The molecule has 0 heterocycles. The lowest BCUT2D eigenvalue weighted by Gasteiger charge is -2.08. The van der Waals surface area contributed by atoms with Crippen molar-refractivity contribution in [2.24, 2.45) is 10.7 Å². The number of aliphatic imine (C=N–C) groups is 1. The van der Waals surface area contributed by atoms with E-state index in [0.29, 0.717) is 12.5 Å². The maximum Gasteiger partial charge on any atom is 0.193 e. The molecule has 0 saturated carbocycles. The number of nitrogens with zero attached hydrogens (tertiary/aromatic N) is 1. The summed E-state index contributed by atoms with van der Waals surface area (Å²) in [6, 6.07) is 13.3. The molecule has 0 aliphatic carbocycles. The quantitative estimate of drug-likeness (QED) is 0.376. The van der Waals surface area contributed by atoms with Crippen LogP contribution in [-0.4, -0.2) is 20.2 Å². The molecule has 5 nitrogen and oxygen atoms in total. The van der Waals surface area contributed by atoms with Crippen LogP contribution in [0.15, 0.2) is 51.9 Å². The summed E-state index contributed by atoms with van der Waals surface area (Å²) < 4.78 is 11.2. The van der Waals surface area contributed by atoms with Crippen LogP contribution in [-0.2, 0) is 6.54 Å². The molecule has 124 valence electrons. The summed E-state index contributed by atoms with van der Waals surface area (Å²) in [5.41, 5.74) is 7.76. The van der Waals surface area contributed by atoms with Crippen molar-refractivity contribution in [2.45, 2.75) is 6.54 Å². The van der Waals surface area contributed by atoms with Gasteiger partial charge >= 0.3 is 0 Å². The van der Waals surface area contributed by atoms with Gasteiger partial charge in [-0.1, -0.05) is 12.1 Å². The monoisotopic (exact) mass is 491 g/mol. The van der Waals surface area contributed by atoms with Gasteiger partial charge in [0.15, 0.2) is 5.96 Å². The third-order valence-corrected chi connectivity index (χ3v) is 3.61. The van der Waals surface area contributed by atoms with Gasteiger partial charge in [-0.3, -0.25) is 0 Å². The van der Waals surface area contributed by atoms with Gasteiger partial charge in [0.05, 0.1) is 25.2 Å². The third kappa shape index (κ3) is 5.91. The second-order valence-electron chi connectivity index (χ2n) is 4.53. The second-order valence-corrected chi connectivity index (χ2v) is 5.38. The van der Waals surface area contributed by atoms with Crippen LogP contribution >= 0.6 is 39.9 Å². The van der Waals surface area contributed by atoms with Crippen LogP contribution in [0.3, 0.4) is 0 Å². The van der Waals surface area contributed by atoms with Gasteiger partial charge in [0.2, 0.25) is 0 Å². The Morgan fingerprint density at radius 1 is 1.17 bits per heavy atom. The number of methoxy groups -OCH3 is 2. The molecule has 0 unspecified atom stereocenters. The Kier molecular flexibility index (Phi) is 8.18. The van der Waals surface area contributed by atoms with E-state index in [9.17, 15) is 0 Å². The van der Waals surface area contributed by atoms with Crippen molar-refractivity contribution < 1.29 is 9.47 Å². The number of rotatable bonds is 5. The molecule has 3 N–H and O–H groups in total. The van der Waals surface area contributed by atoms with Crippen molar-refractivity contribution in [3.63, 3.8) is 0 Å². The molecule has 0 bridgehead atoms. The molecule has 2 rings (SSSR count). The van der Waals surface area contributed by atoms with Crippen LogP contribution in [0, 0.1) is 0 Å². The van der Waals surface area contributed by atoms with Gasteiger partial charge in [0.1, 0.15) is 11.5 Å². The van der Waals surface area contributed by atoms with Gasteiger partial charge in [0, 0.05) is 11.8 Å². The molecule has 0 spiro atoms. The topological polar surface area (TPSA) is 68.9 Å². The van der Waals surface area contributed by atoms with Crippen molar-refractivity contribution in [3.05, 3.63) is 52.5 Å². The predicted molar refractivity (Wildman–Crippen MR) is 108 cm³/mol. The van der Waals surface area contributed by atoms with Crippen molar-refractivity contribution in [3.8, 4) is 11.5 Å². The fourth-order valence-electron chi connectivity index (χ4n) is 1.87. The first-order chi connectivity index (χ1) is 10.6. The summed E-state index contributed by atoms with van der Waals surface area (Å²) in [5, 5.41) is 3.04. The molecule has 0 fully saturated rings. The molecule has 0 amide bonds. The van der Waals surface area contributed by atoms with E-state index in [1.807, 2.05) is 42.5 Å². The normalized spacial score (nSPS) is 10.7. The molecule has 0 aliphatic rings. The molecule has 0 aliphatic heterocycles. The molecule has 2 aromatic rings. The zero-order valence-electron chi connectivity index (χ0n) is 12.9. The van der Waals surface area contributed by atoms with Crippen LogP contribution in [0.4, 0.5) is 5.69 Å². The fraction of sp³-hybridized carbons (Fsp3) is 0.188. The van der Waals surface area contributed by atoms with E-state index in [4.69, 9.17) is 15.2 Å². The van der Waals surface area contributed by atoms with Crippen molar-refractivity contribution in [1.29, 1.82) is 0 Å². The van der Waals surface area contributed by atoms with Crippen LogP contribution < -0.4 is 20.5 Å². The van der Waals surface area contributed by atoms with Crippen LogP contribution in [0.2, 0.25) is 0 Å². The first kappa shape index (κ1) is 19.6. The Morgan fingerprint density at radius 3 is 2.61 bits per heavy atom. The van der Waals surface area contributed by atoms with E-state index in [1.165, 1.54) is 0 Å². The Labute approximate surface area is 161 Å². The number of hydrogen-bond acceptors (Lipinski definition) is 3. The average molecular weight is 492 g/mol. The van der Waals surface area contributed by atoms with Gasteiger partial charge in [-0.05, 0) is 45.8 Å². The Balaban J connectivity index is 0.00000264. The largest absolute Gasteiger partial charge is 0.497 e. The maximum absolute atomic E-state index is 5.90. The summed E-state index contributed by atoms with van der Waals surface area (Å²) in [4.78, 5) is 4.32. The van der Waals surface area contributed by atoms with E-state index < -0.39 is 0 Å². The lowest BCUT2D eigenvalue weighted by molar-refractivity contribution is 0.412. The highest BCUT2D eigenvalue weighted by atomic mass is 127. The first-order valence-electron chi connectivity index (χ1n) is 6.66. The van der Waals surface area contributed by atoms with Crippen LogP contribution in [0.1, 0.15) is 5.56 Å². The minimum atomic E-state index is 0.